The largest absolute Gasteiger partial charge is 0.378 e. The van der Waals surface area contributed by atoms with Gasteiger partial charge in [0.1, 0.15) is 5.82 Å². The van der Waals surface area contributed by atoms with Gasteiger partial charge in [0, 0.05) is 31.2 Å². The molecule has 2 heterocycles. The predicted octanol–water partition coefficient (Wildman–Crippen LogP) is 3.31. The minimum absolute atomic E-state index is 0.115. The Morgan fingerprint density at radius 1 is 1.22 bits per heavy atom. The van der Waals surface area contributed by atoms with Crippen LogP contribution in [0, 0.1) is 0 Å². The van der Waals surface area contributed by atoms with Crippen LogP contribution in [0.25, 0.3) is 0 Å². The van der Waals surface area contributed by atoms with E-state index in [9.17, 15) is 4.79 Å². The second-order valence-corrected chi connectivity index (χ2v) is 6.18. The van der Waals surface area contributed by atoms with Gasteiger partial charge in [0.05, 0.1) is 18.3 Å². The summed E-state index contributed by atoms with van der Waals surface area (Å²) in [6.07, 6.45) is 1.69. The van der Waals surface area contributed by atoms with E-state index in [1.807, 2.05) is 24.9 Å². The highest BCUT2D eigenvalue weighted by atomic mass is 32.1. The summed E-state index contributed by atoms with van der Waals surface area (Å²) in [6.45, 7) is 0.611. The molecular weight excluding hydrogens is 308 g/mol. The van der Waals surface area contributed by atoms with Crippen LogP contribution in [0.5, 0.6) is 0 Å². The monoisotopic (exact) mass is 326 g/mol. The number of hydrogen-bond donors (Lipinski definition) is 1. The fourth-order valence-electron chi connectivity index (χ4n) is 2.22. The number of anilines is 2. The maximum atomic E-state index is 12.1. The van der Waals surface area contributed by atoms with Gasteiger partial charge in [-0.15, -0.1) is 0 Å². The topological polar surface area (TPSA) is 50.2 Å². The van der Waals surface area contributed by atoms with E-state index in [1.54, 1.807) is 23.0 Å². The smallest absolute Gasteiger partial charge is 0.257 e. The minimum atomic E-state index is -0.115. The highest BCUT2D eigenvalue weighted by molar-refractivity contribution is 7.08. The average Bonchev–Trinajstić information content (AvgIpc) is 3.20. The molecule has 0 spiro atoms. The number of carbonyl (C=O) groups excluding carboxylic acids is 1. The van der Waals surface area contributed by atoms with Crippen LogP contribution in [0.1, 0.15) is 15.9 Å². The second kappa shape index (κ2) is 6.66. The molecule has 0 aliphatic rings. The molecule has 5 nitrogen and oxygen atoms in total. The Hall–Kier alpha value is -2.60. The van der Waals surface area contributed by atoms with Crippen LogP contribution in [-0.4, -0.2) is 29.8 Å². The lowest BCUT2D eigenvalue weighted by molar-refractivity contribution is 0.102. The Labute approximate surface area is 139 Å². The first-order valence-electron chi connectivity index (χ1n) is 7.25. The van der Waals surface area contributed by atoms with Crippen LogP contribution >= 0.6 is 11.3 Å². The van der Waals surface area contributed by atoms with Gasteiger partial charge in [-0.1, -0.05) is 12.1 Å². The lowest BCUT2D eigenvalue weighted by Crippen LogP contribution is -2.15. The van der Waals surface area contributed by atoms with Gasteiger partial charge in [0.2, 0.25) is 0 Å². The van der Waals surface area contributed by atoms with Gasteiger partial charge < -0.3 is 10.2 Å². The lowest BCUT2D eigenvalue weighted by Gasteiger charge is -2.13. The number of hydrogen-bond acceptors (Lipinski definition) is 4. The molecule has 0 saturated carbocycles. The van der Waals surface area contributed by atoms with Gasteiger partial charge in [0.15, 0.2) is 0 Å². The van der Waals surface area contributed by atoms with Crippen molar-refractivity contribution in [2.24, 2.45) is 0 Å². The van der Waals surface area contributed by atoms with E-state index in [2.05, 4.69) is 39.6 Å². The summed E-state index contributed by atoms with van der Waals surface area (Å²) < 4.78 is 1.79. The zero-order chi connectivity index (χ0) is 16.2. The first kappa shape index (κ1) is 15.3. The zero-order valence-corrected chi connectivity index (χ0v) is 13.9. The first-order valence-corrected chi connectivity index (χ1v) is 8.19. The molecule has 3 aromatic rings. The van der Waals surface area contributed by atoms with Crippen molar-refractivity contribution in [2.45, 2.75) is 6.54 Å². The number of benzene rings is 1. The summed E-state index contributed by atoms with van der Waals surface area (Å²) >= 11 is 1.50. The Morgan fingerprint density at radius 3 is 2.65 bits per heavy atom. The molecule has 23 heavy (non-hydrogen) atoms. The number of aromatic nitrogens is 2. The van der Waals surface area contributed by atoms with E-state index in [4.69, 9.17) is 0 Å². The van der Waals surface area contributed by atoms with Gasteiger partial charge in [-0.25, -0.2) is 4.68 Å². The van der Waals surface area contributed by atoms with Crippen molar-refractivity contribution in [3.8, 4) is 0 Å². The number of carbonyl (C=O) groups is 1. The van der Waals surface area contributed by atoms with E-state index in [-0.39, 0.29) is 5.91 Å². The van der Waals surface area contributed by atoms with Gasteiger partial charge >= 0.3 is 0 Å². The van der Waals surface area contributed by atoms with Crippen molar-refractivity contribution in [3.05, 3.63) is 64.5 Å². The molecule has 1 N–H and O–H groups in total. The number of rotatable bonds is 5. The Bertz CT molecular complexity index is 775. The lowest BCUT2D eigenvalue weighted by atomic mass is 10.2. The molecule has 1 aromatic carbocycles. The standard InChI is InChI=1S/C17H18N4OS/c1-20(2)15-5-3-13(4-6-15)11-21-16(7-9-18-21)19-17(22)14-8-10-23-12-14/h3-10,12H,11H2,1-2H3,(H,19,22). The average molecular weight is 326 g/mol. The maximum Gasteiger partial charge on any atom is 0.257 e. The summed E-state index contributed by atoms with van der Waals surface area (Å²) in [6, 6.07) is 11.9. The summed E-state index contributed by atoms with van der Waals surface area (Å²) in [4.78, 5) is 14.2. The number of amides is 1. The zero-order valence-electron chi connectivity index (χ0n) is 13.1. The van der Waals surface area contributed by atoms with Crippen LogP contribution in [0.4, 0.5) is 11.5 Å². The van der Waals surface area contributed by atoms with Crippen LogP contribution < -0.4 is 10.2 Å². The van der Waals surface area contributed by atoms with Gasteiger partial charge in [-0.05, 0) is 29.1 Å². The normalized spacial score (nSPS) is 10.5. The van der Waals surface area contributed by atoms with Gasteiger partial charge in [0.25, 0.3) is 5.91 Å². The molecule has 0 radical (unpaired) electrons. The number of thiophene rings is 1. The van der Waals surface area contributed by atoms with E-state index in [1.165, 1.54) is 11.3 Å². The van der Waals surface area contributed by atoms with Crippen LogP contribution in [0.2, 0.25) is 0 Å². The van der Waals surface area contributed by atoms with E-state index in [0.717, 1.165) is 11.3 Å². The molecule has 118 valence electrons. The Balaban J connectivity index is 1.72. The molecule has 0 atom stereocenters. The summed E-state index contributed by atoms with van der Waals surface area (Å²) in [5, 5.41) is 10.9. The molecule has 0 bridgehead atoms. The van der Waals surface area contributed by atoms with Crippen molar-refractivity contribution in [2.75, 3.05) is 24.3 Å². The highest BCUT2D eigenvalue weighted by Crippen LogP contribution is 2.16. The molecule has 2 aromatic heterocycles. The quantitative estimate of drug-likeness (QED) is 0.782. The summed E-state index contributed by atoms with van der Waals surface area (Å²) in [7, 11) is 4.03. The summed E-state index contributed by atoms with van der Waals surface area (Å²) in [5.74, 6) is 0.578. The van der Waals surface area contributed by atoms with Crippen molar-refractivity contribution in [1.82, 2.24) is 9.78 Å². The minimum Gasteiger partial charge on any atom is -0.378 e. The van der Waals surface area contributed by atoms with Crippen molar-refractivity contribution >= 4 is 28.7 Å². The van der Waals surface area contributed by atoms with Crippen molar-refractivity contribution in [1.29, 1.82) is 0 Å². The van der Waals surface area contributed by atoms with Crippen LogP contribution in [-0.2, 0) is 6.54 Å². The molecule has 0 fully saturated rings. The summed E-state index contributed by atoms with van der Waals surface area (Å²) in [5.41, 5.74) is 2.95. The predicted molar refractivity (Wildman–Crippen MR) is 94.4 cm³/mol. The molecule has 0 aliphatic carbocycles. The fraction of sp³-hybridized carbons (Fsp3) is 0.176. The number of nitrogens with one attached hydrogen (secondary N) is 1. The highest BCUT2D eigenvalue weighted by Gasteiger charge is 2.10. The third-order valence-electron chi connectivity index (χ3n) is 3.53. The molecule has 0 unspecified atom stereocenters. The van der Waals surface area contributed by atoms with E-state index in [0.29, 0.717) is 17.9 Å². The third kappa shape index (κ3) is 3.60. The molecule has 6 heteroatoms. The van der Waals surface area contributed by atoms with E-state index >= 15 is 0 Å². The van der Waals surface area contributed by atoms with Gasteiger partial charge in [-0.2, -0.15) is 16.4 Å². The van der Waals surface area contributed by atoms with Crippen molar-refractivity contribution < 1.29 is 4.79 Å². The van der Waals surface area contributed by atoms with Crippen LogP contribution in [0.3, 0.4) is 0 Å². The molecule has 0 aliphatic heterocycles. The third-order valence-corrected chi connectivity index (χ3v) is 4.21. The fourth-order valence-corrected chi connectivity index (χ4v) is 2.86. The molecule has 1 amide bonds. The molecule has 0 saturated heterocycles. The van der Waals surface area contributed by atoms with E-state index < -0.39 is 0 Å². The van der Waals surface area contributed by atoms with Crippen LogP contribution in [0.15, 0.2) is 53.4 Å². The Morgan fingerprint density at radius 2 is 2.00 bits per heavy atom. The maximum absolute atomic E-state index is 12.1. The number of nitrogens with zero attached hydrogens (tertiary/aromatic N) is 3. The van der Waals surface area contributed by atoms with Gasteiger partial charge in [-0.3, -0.25) is 4.79 Å². The SMILES string of the molecule is CN(C)c1ccc(Cn2nccc2NC(=O)c2ccsc2)cc1. The molecular formula is C17H18N4OS. The Kier molecular flexibility index (Phi) is 4.43. The molecule has 3 rings (SSSR count). The second-order valence-electron chi connectivity index (χ2n) is 5.40. The van der Waals surface area contributed by atoms with Crippen molar-refractivity contribution in [3.63, 3.8) is 0 Å². The first-order chi connectivity index (χ1) is 11.1.